The quantitative estimate of drug-likeness (QED) is 0.920. The summed E-state index contributed by atoms with van der Waals surface area (Å²) in [6, 6.07) is 8.40. The fraction of sp³-hybridized carbons (Fsp3) is 0.588. The number of nitrogens with zero attached hydrogens (tertiary/aromatic N) is 1. The van der Waals surface area contributed by atoms with Crippen LogP contribution in [0, 0.1) is 0 Å². The standard InChI is InChI=1S/C17H23NO2/c1-18-10-7-14(12-18)13-5-4-6-15(11-13)17(16(19)20)8-2-3-9-17/h4-6,11,14H,2-3,7-10,12H2,1H3,(H,19,20). The fourth-order valence-corrected chi connectivity index (χ4v) is 3.90. The van der Waals surface area contributed by atoms with Gasteiger partial charge in [0.05, 0.1) is 5.41 Å². The number of benzene rings is 1. The third-order valence-electron chi connectivity index (χ3n) is 5.17. The lowest BCUT2D eigenvalue weighted by atomic mass is 9.77. The molecule has 1 aromatic carbocycles. The van der Waals surface area contributed by atoms with Crippen molar-refractivity contribution in [2.24, 2.45) is 0 Å². The summed E-state index contributed by atoms with van der Waals surface area (Å²) < 4.78 is 0. The van der Waals surface area contributed by atoms with Gasteiger partial charge in [-0.05, 0) is 49.9 Å². The second kappa shape index (κ2) is 5.21. The molecule has 1 aromatic rings. The normalized spacial score (nSPS) is 25.9. The van der Waals surface area contributed by atoms with Crippen molar-refractivity contribution < 1.29 is 9.90 Å². The molecule has 1 saturated carbocycles. The predicted octanol–water partition coefficient (Wildman–Crippen LogP) is 3.00. The van der Waals surface area contributed by atoms with Crippen LogP contribution in [-0.2, 0) is 10.2 Å². The van der Waals surface area contributed by atoms with E-state index in [0.717, 1.165) is 44.3 Å². The van der Waals surface area contributed by atoms with Crippen molar-refractivity contribution in [1.82, 2.24) is 4.90 Å². The molecule has 1 unspecified atom stereocenters. The highest BCUT2D eigenvalue weighted by Crippen LogP contribution is 2.42. The third-order valence-corrected chi connectivity index (χ3v) is 5.17. The Morgan fingerprint density at radius 2 is 2.10 bits per heavy atom. The topological polar surface area (TPSA) is 40.5 Å². The van der Waals surface area contributed by atoms with E-state index in [4.69, 9.17) is 0 Å². The van der Waals surface area contributed by atoms with Crippen LogP contribution in [0.4, 0.5) is 0 Å². The molecule has 1 atom stereocenters. The summed E-state index contributed by atoms with van der Waals surface area (Å²) in [7, 11) is 2.15. The summed E-state index contributed by atoms with van der Waals surface area (Å²) in [6.07, 6.45) is 4.82. The molecule has 2 fully saturated rings. The Balaban J connectivity index is 1.92. The summed E-state index contributed by atoms with van der Waals surface area (Å²) in [4.78, 5) is 14.1. The molecular formula is C17H23NO2. The van der Waals surface area contributed by atoms with Crippen molar-refractivity contribution in [3.63, 3.8) is 0 Å². The number of carbonyl (C=O) groups is 1. The van der Waals surface area contributed by atoms with Crippen molar-refractivity contribution >= 4 is 5.97 Å². The number of likely N-dealkylation sites (N-methyl/N-ethyl adjacent to an activating group) is 1. The van der Waals surface area contributed by atoms with Gasteiger partial charge in [-0.25, -0.2) is 0 Å². The van der Waals surface area contributed by atoms with E-state index in [1.807, 2.05) is 12.1 Å². The van der Waals surface area contributed by atoms with Crippen molar-refractivity contribution in [2.75, 3.05) is 20.1 Å². The molecular weight excluding hydrogens is 250 g/mol. The van der Waals surface area contributed by atoms with Gasteiger partial charge >= 0.3 is 5.97 Å². The first-order chi connectivity index (χ1) is 9.62. The number of carboxylic acid groups (broad SMARTS) is 1. The zero-order valence-electron chi connectivity index (χ0n) is 12.1. The Labute approximate surface area is 120 Å². The number of aliphatic carboxylic acids is 1. The molecule has 1 saturated heterocycles. The average molecular weight is 273 g/mol. The molecule has 0 amide bonds. The van der Waals surface area contributed by atoms with E-state index in [0.29, 0.717) is 5.92 Å². The zero-order valence-corrected chi connectivity index (χ0v) is 12.1. The van der Waals surface area contributed by atoms with Crippen molar-refractivity contribution in [3.05, 3.63) is 35.4 Å². The maximum Gasteiger partial charge on any atom is 0.314 e. The second-order valence-corrected chi connectivity index (χ2v) is 6.47. The summed E-state index contributed by atoms with van der Waals surface area (Å²) in [5.41, 5.74) is 1.72. The van der Waals surface area contributed by atoms with Gasteiger partial charge in [-0.3, -0.25) is 4.79 Å². The minimum Gasteiger partial charge on any atom is -0.481 e. The number of carboxylic acids is 1. The third kappa shape index (κ3) is 2.24. The van der Waals surface area contributed by atoms with Crippen molar-refractivity contribution in [3.8, 4) is 0 Å². The van der Waals surface area contributed by atoms with Crippen molar-refractivity contribution in [2.45, 2.75) is 43.4 Å². The smallest absolute Gasteiger partial charge is 0.314 e. The van der Waals surface area contributed by atoms with E-state index in [1.165, 1.54) is 12.0 Å². The van der Waals surface area contributed by atoms with E-state index in [2.05, 4.69) is 24.1 Å². The highest BCUT2D eigenvalue weighted by Gasteiger charge is 2.43. The highest BCUT2D eigenvalue weighted by atomic mass is 16.4. The Hall–Kier alpha value is -1.35. The molecule has 1 aliphatic heterocycles. The average Bonchev–Trinajstić information content (AvgIpc) is 3.08. The van der Waals surface area contributed by atoms with Crippen LogP contribution in [0.1, 0.15) is 49.1 Å². The molecule has 20 heavy (non-hydrogen) atoms. The zero-order chi connectivity index (χ0) is 14.2. The van der Waals surface area contributed by atoms with Crippen LogP contribution in [0.3, 0.4) is 0 Å². The van der Waals surface area contributed by atoms with Crippen LogP contribution in [0.5, 0.6) is 0 Å². The van der Waals surface area contributed by atoms with Crippen LogP contribution in [0.15, 0.2) is 24.3 Å². The monoisotopic (exact) mass is 273 g/mol. The summed E-state index contributed by atoms with van der Waals surface area (Å²) in [5.74, 6) is -0.0807. The number of likely N-dealkylation sites (tertiary alicyclic amines) is 1. The molecule has 0 radical (unpaired) electrons. The van der Waals surface area contributed by atoms with E-state index >= 15 is 0 Å². The molecule has 0 spiro atoms. The molecule has 3 heteroatoms. The van der Waals surface area contributed by atoms with Crippen LogP contribution in [0.2, 0.25) is 0 Å². The van der Waals surface area contributed by atoms with Gasteiger partial charge < -0.3 is 10.0 Å². The lowest BCUT2D eigenvalue weighted by Gasteiger charge is -2.25. The van der Waals surface area contributed by atoms with Crippen LogP contribution < -0.4 is 0 Å². The first-order valence-corrected chi connectivity index (χ1v) is 7.64. The maximum absolute atomic E-state index is 11.8. The van der Waals surface area contributed by atoms with E-state index in [9.17, 15) is 9.90 Å². The fourth-order valence-electron chi connectivity index (χ4n) is 3.90. The Bertz CT molecular complexity index is 505. The Kier molecular flexibility index (Phi) is 3.55. The molecule has 3 rings (SSSR count). The van der Waals surface area contributed by atoms with Gasteiger partial charge in [-0.15, -0.1) is 0 Å². The predicted molar refractivity (Wildman–Crippen MR) is 79.1 cm³/mol. The summed E-state index contributed by atoms with van der Waals surface area (Å²) in [5, 5.41) is 9.71. The maximum atomic E-state index is 11.8. The van der Waals surface area contributed by atoms with Crippen LogP contribution in [0.25, 0.3) is 0 Å². The molecule has 1 aliphatic carbocycles. The van der Waals surface area contributed by atoms with Gasteiger partial charge in [0, 0.05) is 6.54 Å². The molecule has 0 bridgehead atoms. The van der Waals surface area contributed by atoms with Gasteiger partial charge in [0.1, 0.15) is 0 Å². The van der Waals surface area contributed by atoms with Gasteiger partial charge in [0.25, 0.3) is 0 Å². The van der Waals surface area contributed by atoms with E-state index < -0.39 is 11.4 Å². The van der Waals surface area contributed by atoms with Gasteiger partial charge in [-0.1, -0.05) is 37.1 Å². The number of rotatable bonds is 3. The summed E-state index contributed by atoms with van der Waals surface area (Å²) in [6.45, 7) is 2.22. The second-order valence-electron chi connectivity index (χ2n) is 6.47. The summed E-state index contributed by atoms with van der Waals surface area (Å²) >= 11 is 0. The minimum atomic E-state index is -0.643. The Morgan fingerprint density at radius 3 is 2.70 bits per heavy atom. The molecule has 108 valence electrons. The molecule has 1 heterocycles. The molecule has 2 aliphatic rings. The van der Waals surface area contributed by atoms with Gasteiger partial charge in [0.2, 0.25) is 0 Å². The number of hydrogen-bond donors (Lipinski definition) is 1. The lowest BCUT2D eigenvalue weighted by Crippen LogP contribution is -2.32. The van der Waals surface area contributed by atoms with Crippen molar-refractivity contribution in [1.29, 1.82) is 0 Å². The highest BCUT2D eigenvalue weighted by molar-refractivity contribution is 5.81. The number of hydrogen-bond acceptors (Lipinski definition) is 2. The first-order valence-electron chi connectivity index (χ1n) is 7.64. The van der Waals surface area contributed by atoms with Gasteiger partial charge in [0.15, 0.2) is 0 Å². The molecule has 0 aromatic heterocycles. The minimum absolute atomic E-state index is 0.562. The van der Waals surface area contributed by atoms with Crippen LogP contribution in [-0.4, -0.2) is 36.1 Å². The largest absolute Gasteiger partial charge is 0.481 e. The van der Waals surface area contributed by atoms with Crippen LogP contribution >= 0.6 is 0 Å². The lowest BCUT2D eigenvalue weighted by molar-refractivity contribution is -0.143. The van der Waals surface area contributed by atoms with E-state index in [-0.39, 0.29) is 0 Å². The van der Waals surface area contributed by atoms with Gasteiger partial charge in [-0.2, -0.15) is 0 Å². The Morgan fingerprint density at radius 1 is 1.35 bits per heavy atom. The molecule has 3 nitrogen and oxygen atoms in total. The SMILES string of the molecule is CN1CCC(c2cccc(C3(C(=O)O)CCCC3)c2)C1. The molecule has 1 N–H and O–H groups in total. The van der Waals surface area contributed by atoms with E-state index in [1.54, 1.807) is 0 Å². The first kappa shape index (κ1) is 13.6.